The number of ether oxygens (including phenoxy) is 1. The summed E-state index contributed by atoms with van der Waals surface area (Å²) in [5.41, 5.74) is 7.52. The standard InChI is InChI=1S/C18H17N5O2/c1-25-18-22-16(14-9-7-13(8-10-14)15(19)24)21-17(23-18)20-11-12-5-3-2-4-6-12/h2-10H,11H2,1H3,(H2,19,24)(H,20,21,22,23). The van der Waals surface area contributed by atoms with Crippen LogP contribution in [0, 0.1) is 0 Å². The molecule has 0 spiro atoms. The number of carbonyl (C=O) groups excluding carboxylic acids is 1. The predicted molar refractivity (Wildman–Crippen MR) is 94.1 cm³/mol. The number of nitrogens with one attached hydrogen (secondary N) is 1. The largest absolute Gasteiger partial charge is 0.467 e. The van der Waals surface area contributed by atoms with Gasteiger partial charge in [0.25, 0.3) is 0 Å². The maximum Gasteiger partial charge on any atom is 0.321 e. The van der Waals surface area contributed by atoms with E-state index >= 15 is 0 Å². The van der Waals surface area contributed by atoms with Crippen LogP contribution in [0.4, 0.5) is 5.95 Å². The Kier molecular flexibility index (Phi) is 4.84. The Hall–Kier alpha value is -3.48. The zero-order valence-corrected chi connectivity index (χ0v) is 13.6. The van der Waals surface area contributed by atoms with Crippen molar-refractivity contribution in [1.82, 2.24) is 15.0 Å². The highest BCUT2D eigenvalue weighted by atomic mass is 16.5. The minimum absolute atomic E-state index is 0.208. The average molecular weight is 335 g/mol. The lowest BCUT2D eigenvalue weighted by Crippen LogP contribution is -2.10. The highest BCUT2D eigenvalue weighted by molar-refractivity contribution is 5.93. The summed E-state index contributed by atoms with van der Waals surface area (Å²) in [5, 5.41) is 3.16. The Balaban J connectivity index is 1.85. The van der Waals surface area contributed by atoms with Crippen molar-refractivity contribution in [3.05, 3.63) is 65.7 Å². The van der Waals surface area contributed by atoms with Crippen molar-refractivity contribution in [3.8, 4) is 17.4 Å². The van der Waals surface area contributed by atoms with Gasteiger partial charge in [-0.05, 0) is 17.7 Å². The fourth-order valence-electron chi connectivity index (χ4n) is 2.22. The van der Waals surface area contributed by atoms with E-state index in [1.54, 1.807) is 24.3 Å². The van der Waals surface area contributed by atoms with Crippen LogP contribution in [0.15, 0.2) is 54.6 Å². The highest BCUT2D eigenvalue weighted by Crippen LogP contribution is 2.19. The first-order valence-electron chi connectivity index (χ1n) is 7.64. The molecular weight excluding hydrogens is 318 g/mol. The molecule has 0 aliphatic heterocycles. The number of nitrogens with zero attached hydrogens (tertiary/aromatic N) is 3. The minimum atomic E-state index is -0.481. The molecule has 0 radical (unpaired) electrons. The van der Waals surface area contributed by atoms with Gasteiger partial charge in [0.05, 0.1) is 7.11 Å². The molecule has 0 fully saturated rings. The number of methoxy groups -OCH3 is 1. The molecule has 25 heavy (non-hydrogen) atoms. The van der Waals surface area contributed by atoms with Crippen molar-refractivity contribution >= 4 is 11.9 Å². The molecule has 0 unspecified atom stereocenters. The first kappa shape index (κ1) is 16.4. The van der Waals surface area contributed by atoms with Gasteiger partial charge in [-0.3, -0.25) is 4.79 Å². The number of rotatable bonds is 6. The lowest BCUT2D eigenvalue weighted by Gasteiger charge is -2.08. The third-order valence-electron chi connectivity index (χ3n) is 3.52. The van der Waals surface area contributed by atoms with Crippen LogP contribution in [-0.2, 0) is 6.54 Å². The van der Waals surface area contributed by atoms with E-state index in [1.807, 2.05) is 30.3 Å². The Morgan fingerprint density at radius 3 is 2.40 bits per heavy atom. The highest BCUT2D eigenvalue weighted by Gasteiger charge is 2.10. The van der Waals surface area contributed by atoms with Crippen LogP contribution < -0.4 is 15.8 Å². The lowest BCUT2D eigenvalue weighted by atomic mass is 10.1. The van der Waals surface area contributed by atoms with Gasteiger partial charge in [0.1, 0.15) is 0 Å². The zero-order valence-electron chi connectivity index (χ0n) is 13.6. The number of hydrogen-bond donors (Lipinski definition) is 2. The SMILES string of the molecule is COc1nc(NCc2ccccc2)nc(-c2ccc(C(N)=O)cc2)n1. The van der Waals surface area contributed by atoms with E-state index < -0.39 is 5.91 Å². The molecule has 126 valence electrons. The first-order valence-corrected chi connectivity index (χ1v) is 7.64. The minimum Gasteiger partial charge on any atom is -0.467 e. The molecule has 0 saturated heterocycles. The summed E-state index contributed by atoms with van der Waals surface area (Å²) >= 11 is 0. The lowest BCUT2D eigenvalue weighted by molar-refractivity contribution is 0.100. The number of primary amides is 1. The van der Waals surface area contributed by atoms with E-state index in [-0.39, 0.29) is 6.01 Å². The molecule has 3 rings (SSSR count). The van der Waals surface area contributed by atoms with Crippen molar-refractivity contribution in [2.24, 2.45) is 5.73 Å². The van der Waals surface area contributed by atoms with Crippen molar-refractivity contribution in [2.45, 2.75) is 6.54 Å². The second-order valence-corrected chi connectivity index (χ2v) is 5.25. The predicted octanol–water partition coefficient (Wildman–Crippen LogP) is 2.26. The fourth-order valence-corrected chi connectivity index (χ4v) is 2.22. The molecule has 3 aromatic rings. The van der Waals surface area contributed by atoms with Crippen molar-refractivity contribution in [3.63, 3.8) is 0 Å². The normalized spacial score (nSPS) is 10.3. The molecule has 1 aromatic heterocycles. The Morgan fingerprint density at radius 2 is 1.76 bits per heavy atom. The van der Waals surface area contributed by atoms with Crippen LogP contribution in [0.3, 0.4) is 0 Å². The van der Waals surface area contributed by atoms with E-state index in [1.165, 1.54) is 7.11 Å². The smallest absolute Gasteiger partial charge is 0.321 e. The maximum absolute atomic E-state index is 11.2. The first-order chi connectivity index (χ1) is 12.2. The molecule has 0 atom stereocenters. The number of benzene rings is 2. The van der Waals surface area contributed by atoms with Gasteiger partial charge in [-0.1, -0.05) is 42.5 Å². The van der Waals surface area contributed by atoms with Crippen molar-refractivity contribution in [1.29, 1.82) is 0 Å². The van der Waals surface area contributed by atoms with Gasteiger partial charge in [-0.2, -0.15) is 15.0 Å². The monoisotopic (exact) mass is 335 g/mol. The fraction of sp³-hybridized carbons (Fsp3) is 0.111. The summed E-state index contributed by atoms with van der Waals surface area (Å²) in [7, 11) is 1.50. The number of hydrogen-bond acceptors (Lipinski definition) is 6. The van der Waals surface area contributed by atoms with Crippen LogP contribution in [0.25, 0.3) is 11.4 Å². The number of amides is 1. The van der Waals surface area contributed by atoms with Gasteiger partial charge in [-0.25, -0.2) is 0 Å². The summed E-state index contributed by atoms with van der Waals surface area (Å²) in [6, 6.07) is 16.8. The number of anilines is 1. The van der Waals surface area contributed by atoms with E-state index in [0.717, 1.165) is 11.1 Å². The van der Waals surface area contributed by atoms with Gasteiger partial charge in [-0.15, -0.1) is 0 Å². The number of carbonyl (C=O) groups is 1. The van der Waals surface area contributed by atoms with Gasteiger partial charge < -0.3 is 15.8 Å². The molecule has 7 heteroatoms. The summed E-state index contributed by atoms with van der Waals surface area (Å²) in [6.45, 7) is 0.577. The van der Waals surface area contributed by atoms with Gasteiger partial charge in [0.2, 0.25) is 11.9 Å². The maximum atomic E-state index is 11.2. The third-order valence-corrected chi connectivity index (χ3v) is 3.52. The topological polar surface area (TPSA) is 103 Å². The Labute approximate surface area is 144 Å². The van der Waals surface area contributed by atoms with Crippen LogP contribution in [-0.4, -0.2) is 28.0 Å². The van der Waals surface area contributed by atoms with Crippen molar-refractivity contribution in [2.75, 3.05) is 12.4 Å². The quantitative estimate of drug-likeness (QED) is 0.716. The van der Waals surface area contributed by atoms with Crippen LogP contribution in [0.2, 0.25) is 0 Å². The summed E-state index contributed by atoms with van der Waals surface area (Å²) in [4.78, 5) is 24.0. The molecule has 0 bridgehead atoms. The van der Waals surface area contributed by atoms with E-state index in [9.17, 15) is 4.79 Å². The summed E-state index contributed by atoms with van der Waals surface area (Å²) in [6.07, 6.45) is 0. The summed E-state index contributed by atoms with van der Waals surface area (Å²) in [5.74, 6) is 0.369. The van der Waals surface area contributed by atoms with Gasteiger partial charge >= 0.3 is 6.01 Å². The average Bonchev–Trinajstić information content (AvgIpc) is 2.67. The molecule has 2 aromatic carbocycles. The van der Waals surface area contributed by atoms with Gasteiger partial charge in [0, 0.05) is 17.7 Å². The molecule has 1 amide bonds. The van der Waals surface area contributed by atoms with E-state index in [0.29, 0.717) is 23.9 Å². The van der Waals surface area contributed by atoms with Gasteiger partial charge in [0.15, 0.2) is 5.82 Å². The Bertz CT molecular complexity index is 866. The van der Waals surface area contributed by atoms with Crippen molar-refractivity contribution < 1.29 is 9.53 Å². The molecule has 0 aliphatic carbocycles. The Morgan fingerprint density at radius 1 is 1.04 bits per heavy atom. The van der Waals surface area contributed by atoms with Crippen LogP contribution in [0.1, 0.15) is 15.9 Å². The molecule has 1 heterocycles. The molecule has 3 N–H and O–H groups in total. The van der Waals surface area contributed by atoms with E-state index in [4.69, 9.17) is 10.5 Å². The second-order valence-electron chi connectivity index (χ2n) is 5.25. The van der Waals surface area contributed by atoms with E-state index in [2.05, 4.69) is 20.3 Å². The molecule has 7 nitrogen and oxygen atoms in total. The zero-order chi connectivity index (χ0) is 17.6. The molecule has 0 aliphatic rings. The third kappa shape index (κ3) is 4.08. The van der Waals surface area contributed by atoms with Crippen LogP contribution >= 0.6 is 0 Å². The number of aromatic nitrogens is 3. The number of nitrogens with two attached hydrogens (primary N) is 1. The molecular formula is C18H17N5O2. The second kappa shape index (κ2) is 7.39. The van der Waals surface area contributed by atoms with Crippen LogP contribution in [0.5, 0.6) is 6.01 Å². The summed E-state index contributed by atoms with van der Waals surface area (Å²) < 4.78 is 5.15. The molecule has 0 saturated carbocycles.